The molecular formula is C15H17N3O2. The minimum Gasteiger partial charge on any atom is -0.462 e. The van der Waals surface area contributed by atoms with Gasteiger partial charge in [-0.2, -0.15) is 0 Å². The number of ether oxygens (including phenoxy) is 1. The largest absolute Gasteiger partial charge is 0.462 e. The summed E-state index contributed by atoms with van der Waals surface area (Å²) in [5.74, 6) is 0.0916. The Balaban J connectivity index is 2.43. The van der Waals surface area contributed by atoms with E-state index in [0.29, 0.717) is 23.7 Å². The van der Waals surface area contributed by atoms with Crippen LogP contribution >= 0.6 is 0 Å². The number of benzene rings is 1. The molecular weight excluding hydrogens is 254 g/mol. The summed E-state index contributed by atoms with van der Waals surface area (Å²) in [7, 11) is 1.84. The van der Waals surface area contributed by atoms with Crippen LogP contribution in [0.3, 0.4) is 0 Å². The number of carbonyl (C=O) groups excluding carboxylic acids is 1. The fraction of sp³-hybridized carbons (Fsp3) is 0.200. The maximum atomic E-state index is 12.0. The van der Waals surface area contributed by atoms with Gasteiger partial charge in [0.1, 0.15) is 11.4 Å². The molecule has 0 saturated carbocycles. The zero-order valence-corrected chi connectivity index (χ0v) is 11.5. The highest BCUT2D eigenvalue weighted by molar-refractivity contribution is 5.96. The van der Waals surface area contributed by atoms with Crippen molar-refractivity contribution in [1.82, 2.24) is 4.98 Å². The lowest BCUT2D eigenvalue weighted by Gasteiger charge is -2.20. The summed E-state index contributed by atoms with van der Waals surface area (Å²) in [4.78, 5) is 18.1. The van der Waals surface area contributed by atoms with Crippen LogP contribution in [0.5, 0.6) is 0 Å². The van der Waals surface area contributed by atoms with Gasteiger partial charge in [0.25, 0.3) is 0 Å². The average Bonchev–Trinajstić information content (AvgIpc) is 2.47. The predicted molar refractivity (Wildman–Crippen MR) is 79.1 cm³/mol. The summed E-state index contributed by atoms with van der Waals surface area (Å²) in [6, 6.07) is 11.2. The van der Waals surface area contributed by atoms with Crippen LogP contribution in [0.1, 0.15) is 17.3 Å². The SMILES string of the molecule is CCOC(=O)c1cc(N)cnc1N(C)c1ccccc1. The van der Waals surface area contributed by atoms with Crippen molar-refractivity contribution in [2.24, 2.45) is 0 Å². The molecule has 1 aromatic heterocycles. The van der Waals surface area contributed by atoms with E-state index in [2.05, 4.69) is 4.98 Å². The number of rotatable bonds is 4. The van der Waals surface area contributed by atoms with E-state index in [1.165, 1.54) is 6.20 Å². The fourth-order valence-electron chi connectivity index (χ4n) is 1.87. The molecule has 2 N–H and O–H groups in total. The molecule has 0 amide bonds. The number of para-hydroxylation sites is 1. The quantitative estimate of drug-likeness (QED) is 0.866. The van der Waals surface area contributed by atoms with Crippen molar-refractivity contribution in [1.29, 1.82) is 0 Å². The number of nitrogens with two attached hydrogens (primary N) is 1. The van der Waals surface area contributed by atoms with Crippen LogP contribution < -0.4 is 10.6 Å². The Kier molecular flexibility index (Phi) is 4.20. The van der Waals surface area contributed by atoms with Crippen molar-refractivity contribution in [2.75, 3.05) is 24.3 Å². The Hall–Kier alpha value is -2.56. The number of nitrogen functional groups attached to an aromatic ring is 1. The molecule has 0 unspecified atom stereocenters. The second-order valence-electron chi connectivity index (χ2n) is 4.25. The molecule has 20 heavy (non-hydrogen) atoms. The maximum absolute atomic E-state index is 12.0. The number of pyridine rings is 1. The summed E-state index contributed by atoms with van der Waals surface area (Å²) in [6.07, 6.45) is 1.53. The first-order valence-electron chi connectivity index (χ1n) is 6.35. The first-order valence-corrected chi connectivity index (χ1v) is 6.35. The molecule has 0 atom stereocenters. The minimum atomic E-state index is -0.426. The molecule has 1 heterocycles. The molecule has 5 nitrogen and oxygen atoms in total. The zero-order chi connectivity index (χ0) is 14.5. The summed E-state index contributed by atoms with van der Waals surface area (Å²) in [5, 5.41) is 0. The Bertz CT molecular complexity index is 599. The van der Waals surface area contributed by atoms with E-state index in [1.54, 1.807) is 13.0 Å². The van der Waals surface area contributed by atoms with Gasteiger partial charge >= 0.3 is 5.97 Å². The van der Waals surface area contributed by atoms with Gasteiger partial charge in [0.2, 0.25) is 0 Å². The predicted octanol–water partition coefficient (Wildman–Crippen LogP) is 2.61. The van der Waals surface area contributed by atoms with Crippen molar-refractivity contribution in [3.8, 4) is 0 Å². The van der Waals surface area contributed by atoms with E-state index in [-0.39, 0.29) is 0 Å². The lowest BCUT2D eigenvalue weighted by Crippen LogP contribution is -2.17. The van der Waals surface area contributed by atoms with E-state index >= 15 is 0 Å². The molecule has 0 aliphatic heterocycles. The van der Waals surface area contributed by atoms with Gasteiger partial charge in [-0.15, -0.1) is 0 Å². The summed E-state index contributed by atoms with van der Waals surface area (Å²) >= 11 is 0. The van der Waals surface area contributed by atoms with E-state index in [4.69, 9.17) is 10.5 Å². The number of hydrogen-bond donors (Lipinski definition) is 1. The third-order valence-electron chi connectivity index (χ3n) is 2.84. The monoisotopic (exact) mass is 271 g/mol. The minimum absolute atomic E-state index is 0.308. The van der Waals surface area contributed by atoms with Crippen LogP contribution in [0.4, 0.5) is 17.2 Å². The molecule has 0 aliphatic rings. The van der Waals surface area contributed by atoms with Gasteiger partial charge < -0.3 is 15.4 Å². The van der Waals surface area contributed by atoms with Gasteiger partial charge in [-0.25, -0.2) is 9.78 Å². The van der Waals surface area contributed by atoms with Gasteiger partial charge in [-0.1, -0.05) is 18.2 Å². The Morgan fingerprint density at radius 3 is 2.70 bits per heavy atom. The summed E-state index contributed by atoms with van der Waals surface area (Å²) in [6.45, 7) is 2.07. The Labute approximate surface area is 118 Å². The number of carbonyl (C=O) groups is 1. The molecule has 0 aliphatic carbocycles. The van der Waals surface area contributed by atoms with Crippen LogP contribution in [-0.2, 0) is 4.74 Å². The molecule has 0 radical (unpaired) electrons. The van der Waals surface area contributed by atoms with Crippen LogP contribution in [-0.4, -0.2) is 24.6 Å². The number of aromatic nitrogens is 1. The van der Waals surface area contributed by atoms with Crippen LogP contribution in [0.25, 0.3) is 0 Å². The third-order valence-corrected chi connectivity index (χ3v) is 2.84. The zero-order valence-electron chi connectivity index (χ0n) is 11.5. The number of anilines is 3. The lowest BCUT2D eigenvalue weighted by atomic mass is 10.2. The highest BCUT2D eigenvalue weighted by atomic mass is 16.5. The van der Waals surface area contributed by atoms with Crippen LogP contribution in [0.15, 0.2) is 42.6 Å². The smallest absolute Gasteiger partial charge is 0.341 e. The van der Waals surface area contributed by atoms with E-state index in [1.807, 2.05) is 42.3 Å². The van der Waals surface area contributed by atoms with Crippen LogP contribution in [0.2, 0.25) is 0 Å². The Morgan fingerprint density at radius 2 is 2.05 bits per heavy atom. The summed E-state index contributed by atoms with van der Waals surface area (Å²) < 4.78 is 5.05. The Morgan fingerprint density at radius 1 is 1.35 bits per heavy atom. The van der Waals surface area contributed by atoms with Crippen molar-refractivity contribution in [2.45, 2.75) is 6.92 Å². The molecule has 2 aromatic rings. The second-order valence-corrected chi connectivity index (χ2v) is 4.25. The van der Waals surface area contributed by atoms with E-state index < -0.39 is 5.97 Å². The first kappa shape index (κ1) is 13.9. The molecule has 0 bridgehead atoms. The maximum Gasteiger partial charge on any atom is 0.341 e. The van der Waals surface area contributed by atoms with Crippen molar-refractivity contribution >= 4 is 23.2 Å². The number of nitrogens with zero attached hydrogens (tertiary/aromatic N) is 2. The van der Waals surface area contributed by atoms with Gasteiger partial charge in [0, 0.05) is 12.7 Å². The molecule has 0 saturated heterocycles. The number of hydrogen-bond acceptors (Lipinski definition) is 5. The molecule has 104 valence electrons. The molecule has 1 aromatic carbocycles. The second kappa shape index (κ2) is 6.06. The van der Waals surface area contributed by atoms with Crippen molar-refractivity contribution in [3.05, 3.63) is 48.2 Å². The number of esters is 1. The van der Waals surface area contributed by atoms with Crippen molar-refractivity contribution < 1.29 is 9.53 Å². The highest BCUT2D eigenvalue weighted by Gasteiger charge is 2.18. The van der Waals surface area contributed by atoms with Gasteiger partial charge in [0.05, 0.1) is 18.5 Å². The highest BCUT2D eigenvalue weighted by Crippen LogP contribution is 2.26. The lowest BCUT2D eigenvalue weighted by molar-refractivity contribution is 0.0527. The van der Waals surface area contributed by atoms with Gasteiger partial charge in [-0.3, -0.25) is 0 Å². The van der Waals surface area contributed by atoms with Crippen molar-refractivity contribution in [3.63, 3.8) is 0 Å². The summed E-state index contributed by atoms with van der Waals surface area (Å²) in [5.41, 5.74) is 7.43. The van der Waals surface area contributed by atoms with E-state index in [9.17, 15) is 4.79 Å². The van der Waals surface area contributed by atoms with Gasteiger partial charge in [0.15, 0.2) is 0 Å². The third kappa shape index (κ3) is 2.88. The normalized spacial score (nSPS) is 10.1. The molecule has 0 fully saturated rings. The topological polar surface area (TPSA) is 68.5 Å². The molecule has 5 heteroatoms. The fourth-order valence-corrected chi connectivity index (χ4v) is 1.87. The molecule has 0 spiro atoms. The molecule has 2 rings (SSSR count). The van der Waals surface area contributed by atoms with E-state index in [0.717, 1.165) is 5.69 Å². The average molecular weight is 271 g/mol. The standard InChI is InChI=1S/C15H17N3O2/c1-3-20-15(19)13-9-11(16)10-17-14(13)18(2)12-7-5-4-6-8-12/h4-10H,3,16H2,1-2H3. The van der Waals surface area contributed by atoms with Gasteiger partial charge in [-0.05, 0) is 25.1 Å². The first-order chi connectivity index (χ1) is 9.63. The van der Waals surface area contributed by atoms with Crippen LogP contribution in [0, 0.1) is 0 Å².